The highest BCUT2D eigenvalue weighted by Gasteiger charge is 2.17. The average molecular weight is 293 g/mol. The van der Waals surface area contributed by atoms with Crippen LogP contribution in [0.2, 0.25) is 0 Å². The first kappa shape index (κ1) is 14.5. The Hall–Kier alpha value is -1.88. The Morgan fingerprint density at radius 1 is 1.20 bits per heavy atom. The predicted octanol–water partition coefficient (Wildman–Crippen LogP) is 3.92. The molecule has 0 bridgehead atoms. The Labute approximate surface area is 121 Å². The molecule has 0 aliphatic carbocycles. The molecule has 2 aromatic rings. The summed E-state index contributed by atoms with van der Waals surface area (Å²) >= 11 is 3.96. The Kier molecular flexibility index (Phi) is 4.39. The highest BCUT2D eigenvalue weighted by molar-refractivity contribution is 7.80. The molecule has 20 heavy (non-hydrogen) atoms. The summed E-state index contributed by atoms with van der Waals surface area (Å²) in [6.45, 7) is 2.16. The van der Waals surface area contributed by atoms with Crippen LogP contribution in [0.3, 0.4) is 0 Å². The summed E-state index contributed by atoms with van der Waals surface area (Å²) in [6, 6.07) is 9.72. The lowest BCUT2D eigenvalue weighted by atomic mass is 10.1. The van der Waals surface area contributed by atoms with Crippen LogP contribution in [0.4, 0.5) is 14.5 Å². The second kappa shape index (κ2) is 6.05. The summed E-state index contributed by atoms with van der Waals surface area (Å²) in [4.78, 5) is 13.9. The van der Waals surface area contributed by atoms with Crippen molar-refractivity contribution in [2.75, 3.05) is 11.4 Å². The van der Waals surface area contributed by atoms with Gasteiger partial charge in [0, 0.05) is 22.7 Å². The molecular weight excluding hydrogens is 280 g/mol. The Morgan fingerprint density at radius 3 is 2.55 bits per heavy atom. The number of thiol groups is 1. The molecule has 0 spiro atoms. The van der Waals surface area contributed by atoms with Crippen molar-refractivity contribution in [3.05, 3.63) is 59.7 Å². The summed E-state index contributed by atoms with van der Waals surface area (Å²) in [6.07, 6.45) is 0. The molecule has 0 heterocycles. The summed E-state index contributed by atoms with van der Waals surface area (Å²) in [7, 11) is 0. The molecule has 104 valence electrons. The monoisotopic (exact) mass is 293 g/mol. The smallest absolute Gasteiger partial charge is 0.258 e. The average Bonchev–Trinajstić information content (AvgIpc) is 2.42. The maximum Gasteiger partial charge on any atom is 0.258 e. The number of amides is 1. The van der Waals surface area contributed by atoms with Crippen molar-refractivity contribution in [2.24, 2.45) is 0 Å². The number of hydrogen-bond donors (Lipinski definition) is 1. The first-order valence-electron chi connectivity index (χ1n) is 6.09. The second-order valence-electron chi connectivity index (χ2n) is 4.20. The summed E-state index contributed by atoms with van der Waals surface area (Å²) in [5.41, 5.74) is 0.769. The van der Waals surface area contributed by atoms with E-state index in [4.69, 9.17) is 0 Å². The lowest BCUT2D eigenvalue weighted by molar-refractivity contribution is 0.0988. The van der Waals surface area contributed by atoms with Crippen molar-refractivity contribution in [1.29, 1.82) is 0 Å². The van der Waals surface area contributed by atoms with E-state index in [9.17, 15) is 13.6 Å². The van der Waals surface area contributed by atoms with Crippen LogP contribution in [-0.4, -0.2) is 12.5 Å². The van der Waals surface area contributed by atoms with Crippen LogP contribution >= 0.6 is 12.6 Å². The fraction of sp³-hybridized carbons (Fsp3) is 0.133. The molecule has 0 fully saturated rings. The zero-order valence-electron chi connectivity index (χ0n) is 10.8. The summed E-state index contributed by atoms with van der Waals surface area (Å²) < 4.78 is 26.4. The minimum absolute atomic E-state index is 0.103. The van der Waals surface area contributed by atoms with Crippen molar-refractivity contribution in [1.82, 2.24) is 0 Å². The van der Waals surface area contributed by atoms with E-state index in [-0.39, 0.29) is 10.8 Å². The van der Waals surface area contributed by atoms with Crippen molar-refractivity contribution >= 4 is 24.2 Å². The van der Waals surface area contributed by atoms with Crippen LogP contribution in [0.1, 0.15) is 17.3 Å². The third-order valence-corrected chi connectivity index (χ3v) is 3.22. The number of anilines is 1. The van der Waals surface area contributed by atoms with E-state index in [0.29, 0.717) is 17.8 Å². The molecule has 0 aromatic heterocycles. The van der Waals surface area contributed by atoms with E-state index in [1.165, 1.54) is 41.3 Å². The van der Waals surface area contributed by atoms with Crippen LogP contribution in [0.25, 0.3) is 0 Å². The normalized spacial score (nSPS) is 10.4. The molecule has 1 amide bonds. The first-order valence-corrected chi connectivity index (χ1v) is 6.53. The molecule has 2 aromatic carbocycles. The summed E-state index contributed by atoms with van der Waals surface area (Å²) in [5.74, 6) is -1.23. The minimum atomic E-state index is -0.487. The van der Waals surface area contributed by atoms with Crippen LogP contribution in [-0.2, 0) is 0 Å². The first-order chi connectivity index (χ1) is 9.52. The highest BCUT2D eigenvalue weighted by Crippen LogP contribution is 2.20. The van der Waals surface area contributed by atoms with E-state index >= 15 is 0 Å². The van der Waals surface area contributed by atoms with Gasteiger partial charge in [-0.05, 0) is 43.3 Å². The molecule has 0 saturated carbocycles. The number of carbonyl (C=O) groups is 1. The molecule has 5 heteroatoms. The Morgan fingerprint density at radius 2 is 1.95 bits per heavy atom. The van der Waals surface area contributed by atoms with Gasteiger partial charge in [-0.2, -0.15) is 0 Å². The molecule has 0 aliphatic heterocycles. The highest BCUT2D eigenvalue weighted by atomic mass is 32.1. The zero-order valence-corrected chi connectivity index (χ0v) is 11.7. The molecule has 2 rings (SSSR count). The molecule has 0 unspecified atom stereocenters. The predicted molar refractivity (Wildman–Crippen MR) is 77.4 cm³/mol. The van der Waals surface area contributed by atoms with Crippen LogP contribution < -0.4 is 4.90 Å². The third-order valence-electron chi connectivity index (χ3n) is 2.87. The van der Waals surface area contributed by atoms with Gasteiger partial charge in [0.05, 0.1) is 0 Å². The number of carbonyl (C=O) groups excluding carboxylic acids is 1. The fourth-order valence-corrected chi connectivity index (χ4v) is 2.10. The maximum atomic E-state index is 13.2. The van der Waals surface area contributed by atoms with Crippen LogP contribution in [0, 0.1) is 11.6 Å². The van der Waals surface area contributed by atoms with Gasteiger partial charge in [-0.25, -0.2) is 8.78 Å². The van der Waals surface area contributed by atoms with Gasteiger partial charge in [0.25, 0.3) is 5.91 Å². The summed E-state index contributed by atoms with van der Waals surface area (Å²) in [5, 5.41) is 0. The largest absolute Gasteiger partial charge is 0.309 e. The molecular formula is C15H13F2NOS. The van der Waals surface area contributed by atoms with E-state index < -0.39 is 11.6 Å². The fourth-order valence-electron chi connectivity index (χ4n) is 1.89. The lowest BCUT2D eigenvalue weighted by Crippen LogP contribution is -2.30. The Bertz CT molecular complexity index is 646. The van der Waals surface area contributed by atoms with Gasteiger partial charge >= 0.3 is 0 Å². The van der Waals surface area contributed by atoms with Crippen molar-refractivity contribution in [2.45, 2.75) is 11.8 Å². The lowest BCUT2D eigenvalue weighted by Gasteiger charge is -2.21. The number of rotatable bonds is 3. The second-order valence-corrected chi connectivity index (χ2v) is 4.68. The SMILES string of the molecule is CCN(C(=O)c1ccc(F)c(S)c1)c1cccc(F)c1. The number of halogens is 2. The number of nitrogens with zero attached hydrogens (tertiary/aromatic N) is 1. The Balaban J connectivity index is 2.36. The van der Waals surface area contributed by atoms with Crippen molar-refractivity contribution in [3.8, 4) is 0 Å². The van der Waals surface area contributed by atoms with Crippen LogP contribution in [0.15, 0.2) is 47.4 Å². The van der Waals surface area contributed by atoms with Gasteiger partial charge in [0.2, 0.25) is 0 Å². The molecule has 2 nitrogen and oxygen atoms in total. The van der Waals surface area contributed by atoms with E-state index in [1.807, 2.05) is 0 Å². The van der Waals surface area contributed by atoms with Gasteiger partial charge in [0.15, 0.2) is 0 Å². The van der Waals surface area contributed by atoms with E-state index in [0.717, 1.165) is 0 Å². The molecule has 0 radical (unpaired) electrons. The zero-order chi connectivity index (χ0) is 14.7. The van der Waals surface area contributed by atoms with Crippen molar-refractivity contribution in [3.63, 3.8) is 0 Å². The van der Waals surface area contributed by atoms with Gasteiger partial charge in [-0.1, -0.05) is 6.07 Å². The van der Waals surface area contributed by atoms with Gasteiger partial charge in [-0.3, -0.25) is 4.79 Å². The van der Waals surface area contributed by atoms with Gasteiger partial charge < -0.3 is 4.90 Å². The van der Waals surface area contributed by atoms with Gasteiger partial charge in [-0.15, -0.1) is 12.6 Å². The van der Waals surface area contributed by atoms with Crippen molar-refractivity contribution < 1.29 is 13.6 Å². The van der Waals surface area contributed by atoms with E-state index in [1.54, 1.807) is 13.0 Å². The maximum absolute atomic E-state index is 13.2. The van der Waals surface area contributed by atoms with Crippen LogP contribution in [0.5, 0.6) is 0 Å². The third kappa shape index (κ3) is 2.99. The quantitative estimate of drug-likeness (QED) is 0.850. The standard InChI is InChI=1S/C15H13F2NOS/c1-2-18(12-5-3-4-11(16)9-12)15(19)10-6-7-13(17)14(20)8-10/h3-9,20H,2H2,1H3. The molecule has 0 saturated heterocycles. The minimum Gasteiger partial charge on any atom is -0.309 e. The molecule has 0 aliphatic rings. The number of hydrogen-bond acceptors (Lipinski definition) is 2. The van der Waals surface area contributed by atoms with E-state index in [2.05, 4.69) is 12.6 Å². The topological polar surface area (TPSA) is 20.3 Å². The molecule has 0 N–H and O–H groups in total. The molecule has 0 atom stereocenters. The van der Waals surface area contributed by atoms with Gasteiger partial charge in [0.1, 0.15) is 11.6 Å². The number of benzene rings is 2.